The first kappa shape index (κ1) is 16.4. The fourth-order valence-corrected chi connectivity index (χ4v) is 4.96. The van der Waals surface area contributed by atoms with Crippen LogP contribution in [0.2, 0.25) is 0 Å². The summed E-state index contributed by atoms with van der Waals surface area (Å²) in [7, 11) is 0. The highest BCUT2D eigenvalue weighted by Crippen LogP contribution is 2.39. The van der Waals surface area contributed by atoms with Crippen LogP contribution in [-0.2, 0) is 0 Å². The first-order chi connectivity index (χ1) is 14.4. The lowest BCUT2D eigenvalue weighted by Crippen LogP contribution is -1.93. The van der Waals surface area contributed by atoms with E-state index in [9.17, 15) is 0 Å². The zero-order chi connectivity index (χ0) is 19.2. The van der Waals surface area contributed by atoms with Gasteiger partial charge in [0.15, 0.2) is 5.82 Å². The molecule has 0 aliphatic rings. The van der Waals surface area contributed by atoms with E-state index in [4.69, 9.17) is 9.97 Å². The zero-order valence-electron chi connectivity index (χ0n) is 15.5. The van der Waals surface area contributed by atoms with Crippen LogP contribution in [-0.4, -0.2) is 9.97 Å². The Hall–Kier alpha value is -3.56. The van der Waals surface area contributed by atoms with Gasteiger partial charge in [-0.2, -0.15) is 0 Å². The molecule has 0 saturated carbocycles. The molecular weight excluding hydrogens is 372 g/mol. The Bertz CT molecular complexity index is 1500. The van der Waals surface area contributed by atoms with Gasteiger partial charge in [-0.05, 0) is 22.9 Å². The Morgan fingerprint density at radius 3 is 2.24 bits per heavy atom. The van der Waals surface area contributed by atoms with Crippen LogP contribution in [0.3, 0.4) is 0 Å². The van der Waals surface area contributed by atoms with E-state index in [-0.39, 0.29) is 0 Å². The van der Waals surface area contributed by atoms with Crippen LogP contribution in [0.25, 0.3) is 53.7 Å². The highest BCUT2D eigenvalue weighted by atomic mass is 32.1. The van der Waals surface area contributed by atoms with E-state index in [0.717, 1.165) is 32.9 Å². The lowest BCUT2D eigenvalue weighted by Gasteiger charge is -2.08. The molecule has 2 heterocycles. The number of hydrogen-bond acceptors (Lipinski definition) is 3. The van der Waals surface area contributed by atoms with Crippen molar-refractivity contribution in [3.63, 3.8) is 0 Å². The average Bonchev–Trinajstić information content (AvgIpc) is 3.17. The SMILES string of the molecule is c1ccc(-c2nc(-c3ccc4ccccc4c3)nc3sc4ccccc4c23)cc1. The molecule has 4 aromatic carbocycles. The molecule has 2 nitrogen and oxygen atoms in total. The van der Waals surface area contributed by atoms with Gasteiger partial charge in [0.25, 0.3) is 0 Å². The second-order valence-corrected chi connectivity index (χ2v) is 8.13. The predicted molar refractivity (Wildman–Crippen MR) is 123 cm³/mol. The molecule has 3 heteroatoms. The molecule has 0 amide bonds. The molecular formula is C26H16N2S. The minimum atomic E-state index is 0.772. The van der Waals surface area contributed by atoms with Crippen molar-refractivity contribution >= 4 is 42.4 Å². The summed E-state index contributed by atoms with van der Waals surface area (Å²) < 4.78 is 1.24. The van der Waals surface area contributed by atoms with E-state index in [1.807, 2.05) is 6.07 Å². The molecule has 29 heavy (non-hydrogen) atoms. The lowest BCUT2D eigenvalue weighted by atomic mass is 10.0. The van der Waals surface area contributed by atoms with Crippen LogP contribution in [0.15, 0.2) is 97.1 Å². The van der Waals surface area contributed by atoms with E-state index < -0.39 is 0 Å². The van der Waals surface area contributed by atoms with Crippen LogP contribution in [0, 0.1) is 0 Å². The van der Waals surface area contributed by atoms with Crippen LogP contribution in [0.4, 0.5) is 0 Å². The molecule has 0 atom stereocenters. The molecule has 2 aromatic heterocycles. The zero-order valence-corrected chi connectivity index (χ0v) is 16.4. The molecule has 0 bridgehead atoms. The molecule has 0 unspecified atom stereocenters. The van der Waals surface area contributed by atoms with Crippen molar-refractivity contribution in [3.05, 3.63) is 97.1 Å². The van der Waals surface area contributed by atoms with Crippen LogP contribution < -0.4 is 0 Å². The number of benzene rings is 4. The van der Waals surface area contributed by atoms with Crippen LogP contribution in [0.1, 0.15) is 0 Å². The number of fused-ring (bicyclic) bond motifs is 4. The van der Waals surface area contributed by atoms with Crippen LogP contribution in [0.5, 0.6) is 0 Å². The molecule has 0 spiro atoms. The summed E-state index contributed by atoms with van der Waals surface area (Å²) in [6, 6.07) is 33.7. The van der Waals surface area contributed by atoms with E-state index in [0.29, 0.717) is 0 Å². The van der Waals surface area contributed by atoms with Gasteiger partial charge in [0.1, 0.15) is 4.83 Å². The molecule has 0 N–H and O–H groups in total. The highest BCUT2D eigenvalue weighted by molar-refractivity contribution is 7.25. The number of thiophene rings is 1. The van der Waals surface area contributed by atoms with Gasteiger partial charge in [-0.15, -0.1) is 11.3 Å². The van der Waals surface area contributed by atoms with Crippen molar-refractivity contribution in [2.75, 3.05) is 0 Å². The minimum absolute atomic E-state index is 0.772. The second-order valence-electron chi connectivity index (χ2n) is 7.10. The van der Waals surface area contributed by atoms with Gasteiger partial charge in [-0.25, -0.2) is 9.97 Å². The fraction of sp³-hybridized carbons (Fsp3) is 0. The van der Waals surface area contributed by atoms with E-state index >= 15 is 0 Å². The number of nitrogens with zero attached hydrogens (tertiary/aromatic N) is 2. The third kappa shape index (κ3) is 2.71. The summed E-state index contributed by atoms with van der Waals surface area (Å²) in [5.41, 5.74) is 3.15. The maximum absolute atomic E-state index is 5.07. The van der Waals surface area contributed by atoms with Gasteiger partial charge in [-0.3, -0.25) is 0 Å². The summed E-state index contributed by atoms with van der Waals surface area (Å²) in [5, 5.41) is 4.78. The number of rotatable bonds is 2. The quantitative estimate of drug-likeness (QED) is 0.310. The molecule has 6 aromatic rings. The maximum Gasteiger partial charge on any atom is 0.161 e. The lowest BCUT2D eigenvalue weighted by molar-refractivity contribution is 1.24. The summed E-state index contributed by atoms with van der Waals surface area (Å²) in [6.45, 7) is 0. The first-order valence-corrected chi connectivity index (χ1v) is 10.4. The highest BCUT2D eigenvalue weighted by Gasteiger charge is 2.16. The second kappa shape index (κ2) is 6.50. The Balaban J connectivity index is 1.68. The molecule has 0 fully saturated rings. The van der Waals surface area contributed by atoms with E-state index in [1.165, 1.54) is 20.9 Å². The third-order valence-electron chi connectivity index (χ3n) is 5.29. The normalized spacial score (nSPS) is 11.4. The minimum Gasteiger partial charge on any atom is -0.227 e. The smallest absolute Gasteiger partial charge is 0.161 e. The van der Waals surface area contributed by atoms with Crippen LogP contribution >= 0.6 is 11.3 Å². The summed E-state index contributed by atoms with van der Waals surface area (Å²) in [5.74, 6) is 0.772. The molecule has 0 radical (unpaired) electrons. The van der Waals surface area contributed by atoms with Crippen molar-refractivity contribution in [1.82, 2.24) is 9.97 Å². The topological polar surface area (TPSA) is 25.8 Å². The third-order valence-corrected chi connectivity index (χ3v) is 6.36. The summed E-state index contributed by atoms with van der Waals surface area (Å²) >= 11 is 1.73. The average molecular weight is 388 g/mol. The van der Waals surface area contributed by atoms with Gasteiger partial charge >= 0.3 is 0 Å². The van der Waals surface area contributed by atoms with Gasteiger partial charge in [0.2, 0.25) is 0 Å². The van der Waals surface area contributed by atoms with Crippen molar-refractivity contribution in [1.29, 1.82) is 0 Å². The largest absolute Gasteiger partial charge is 0.227 e. The molecule has 6 rings (SSSR count). The fourth-order valence-electron chi connectivity index (χ4n) is 3.89. The summed E-state index contributed by atoms with van der Waals surface area (Å²) in [4.78, 5) is 11.1. The van der Waals surface area contributed by atoms with E-state index in [1.54, 1.807) is 11.3 Å². The monoisotopic (exact) mass is 388 g/mol. The standard InChI is InChI=1S/C26H16N2S/c1-2-9-18(10-3-1)24-23-21-12-6-7-13-22(21)29-26(23)28-25(27-24)20-15-14-17-8-4-5-11-19(17)16-20/h1-16H. The van der Waals surface area contributed by atoms with Gasteiger partial charge < -0.3 is 0 Å². The first-order valence-electron chi connectivity index (χ1n) is 9.61. The van der Waals surface area contributed by atoms with Gasteiger partial charge in [-0.1, -0.05) is 84.9 Å². The number of aromatic nitrogens is 2. The predicted octanol–water partition coefficient (Wildman–Crippen LogP) is 7.33. The molecule has 0 aliphatic carbocycles. The Morgan fingerprint density at radius 2 is 1.34 bits per heavy atom. The Kier molecular flexibility index (Phi) is 3.68. The molecule has 136 valence electrons. The van der Waals surface area contributed by atoms with Crippen molar-refractivity contribution in [2.24, 2.45) is 0 Å². The van der Waals surface area contributed by atoms with Gasteiger partial charge in [0, 0.05) is 26.6 Å². The maximum atomic E-state index is 5.07. The Morgan fingerprint density at radius 1 is 0.586 bits per heavy atom. The number of hydrogen-bond donors (Lipinski definition) is 0. The van der Waals surface area contributed by atoms with E-state index in [2.05, 4.69) is 91.0 Å². The van der Waals surface area contributed by atoms with Crippen molar-refractivity contribution in [3.8, 4) is 22.6 Å². The molecule has 0 saturated heterocycles. The molecule has 0 aliphatic heterocycles. The van der Waals surface area contributed by atoms with Crippen molar-refractivity contribution < 1.29 is 0 Å². The van der Waals surface area contributed by atoms with Crippen molar-refractivity contribution in [2.45, 2.75) is 0 Å². The summed E-state index contributed by atoms with van der Waals surface area (Å²) in [6.07, 6.45) is 0. The Labute approximate surface area is 172 Å². The van der Waals surface area contributed by atoms with Gasteiger partial charge in [0.05, 0.1) is 5.69 Å².